The second-order valence-corrected chi connectivity index (χ2v) is 11.4. The number of hydrogen-bond donors (Lipinski definition) is 1. The molecule has 1 aliphatic rings. The van der Waals surface area contributed by atoms with Gasteiger partial charge in [-0.25, -0.2) is 0 Å². The predicted octanol–water partition coefficient (Wildman–Crippen LogP) is 6.24. The first kappa shape index (κ1) is 23.5. The summed E-state index contributed by atoms with van der Waals surface area (Å²) < 4.78 is 31.6. The van der Waals surface area contributed by atoms with E-state index in [2.05, 4.69) is 84.4 Å². The maximum atomic E-state index is 11.2. The van der Waals surface area contributed by atoms with Gasteiger partial charge >= 0.3 is 0 Å². The lowest BCUT2D eigenvalue weighted by molar-refractivity contribution is 0.469. The van der Waals surface area contributed by atoms with E-state index >= 15 is 0 Å². The lowest BCUT2D eigenvalue weighted by Gasteiger charge is -2.32. The highest BCUT2D eigenvalue weighted by Crippen LogP contribution is 2.49. The first-order valence-corrected chi connectivity index (χ1v) is 13.6. The van der Waals surface area contributed by atoms with Crippen molar-refractivity contribution in [2.24, 2.45) is 0 Å². The summed E-state index contributed by atoms with van der Waals surface area (Å²) in [6, 6.07) is 23.2. The lowest BCUT2D eigenvalue weighted by atomic mass is 9.78. The standard InChI is InChI=1S/C29H30N2O3S/c1-29(2)27(16-13-21-19-23-10-4-6-12-25(23)30-20-21)31(17-7-8-18-35(32,33)34)26-15-14-22-9-3-5-11-24(22)28(26)29/h3-6,9-16,19-20,27H,7-8,17-18H2,1-2H3,(H,32,33,34). The van der Waals surface area contributed by atoms with Gasteiger partial charge in [-0.3, -0.25) is 9.54 Å². The molecule has 0 amide bonds. The van der Waals surface area contributed by atoms with E-state index in [9.17, 15) is 8.42 Å². The smallest absolute Gasteiger partial charge is 0.264 e. The molecule has 1 aromatic heterocycles. The Morgan fingerprint density at radius 1 is 1.00 bits per heavy atom. The van der Waals surface area contributed by atoms with E-state index in [0.717, 1.165) is 16.5 Å². The molecule has 5 rings (SSSR count). The van der Waals surface area contributed by atoms with Crippen LogP contribution >= 0.6 is 0 Å². The average Bonchev–Trinajstić information content (AvgIpc) is 3.05. The summed E-state index contributed by atoms with van der Waals surface area (Å²) in [6.07, 6.45) is 7.39. The largest absolute Gasteiger partial charge is 0.364 e. The molecule has 1 aliphatic heterocycles. The second kappa shape index (κ2) is 9.10. The summed E-state index contributed by atoms with van der Waals surface area (Å²) in [6.45, 7) is 5.27. The van der Waals surface area contributed by atoms with Crippen LogP contribution in [0.1, 0.15) is 37.8 Å². The van der Waals surface area contributed by atoms with Crippen LogP contribution in [0.3, 0.4) is 0 Å². The monoisotopic (exact) mass is 486 g/mol. The molecule has 4 aromatic rings. The third-order valence-electron chi connectivity index (χ3n) is 7.07. The first-order chi connectivity index (χ1) is 16.7. The zero-order valence-corrected chi connectivity index (χ0v) is 20.9. The number of unbranched alkanes of at least 4 members (excludes halogenated alkanes) is 1. The van der Waals surface area contributed by atoms with E-state index < -0.39 is 10.1 Å². The van der Waals surface area contributed by atoms with Crippen LogP contribution in [-0.4, -0.2) is 36.3 Å². The van der Waals surface area contributed by atoms with Crippen molar-refractivity contribution < 1.29 is 13.0 Å². The minimum absolute atomic E-state index is 0.0838. The van der Waals surface area contributed by atoms with Crippen molar-refractivity contribution in [2.45, 2.75) is 38.1 Å². The third kappa shape index (κ3) is 4.68. The Balaban J connectivity index is 1.52. The number of aromatic nitrogens is 1. The van der Waals surface area contributed by atoms with Gasteiger partial charge in [-0.05, 0) is 52.9 Å². The molecule has 2 heterocycles. The van der Waals surface area contributed by atoms with Crippen LogP contribution in [-0.2, 0) is 15.5 Å². The van der Waals surface area contributed by atoms with Gasteiger partial charge < -0.3 is 4.90 Å². The molecule has 0 bridgehead atoms. The minimum atomic E-state index is -3.95. The molecule has 0 saturated heterocycles. The van der Waals surface area contributed by atoms with Crippen molar-refractivity contribution in [1.29, 1.82) is 0 Å². The number of rotatable bonds is 7. The van der Waals surface area contributed by atoms with Crippen molar-refractivity contribution in [2.75, 3.05) is 17.2 Å². The highest BCUT2D eigenvalue weighted by Gasteiger charge is 2.43. The Hall–Kier alpha value is -3.22. The van der Waals surface area contributed by atoms with Crippen LogP contribution in [0.15, 0.2) is 79.0 Å². The number of anilines is 1. The number of benzene rings is 3. The van der Waals surface area contributed by atoms with Gasteiger partial charge in [-0.2, -0.15) is 8.42 Å². The highest BCUT2D eigenvalue weighted by molar-refractivity contribution is 7.85. The van der Waals surface area contributed by atoms with E-state index in [0.29, 0.717) is 19.4 Å². The van der Waals surface area contributed by atoms with Crippen molar-refractivity contribution >= 4 is 43.6 Å². The van der Waals surface area contributed by atoms with Crippen molar-refractivity contribution in [1.82, 2.24) is 4.98 Å². The number of para-hydroxylation sites is 1. The number of nitrogens with zero attached hydrogens (tertiary/aromatic N) is 2. The Kier molecular flexibility index (Phi) is 6.11. The normalized spacial score (nSPS) is 17.5. The van der Waals surface area contributed by atoms with Gasteiger partial charge in [0.05, 0.1) is 17.3 Å². The molecular formula is C29H30N2O3S. The fourth-order valence-corrected chi connectivity index (χ4v) is 5.98. The predicted molar refractivity (Wildman–Crippen MR) is 145 cm³/mol. The zero-order chi connectivity index (χ0) is 24.6. The molecule has 1 atom stereocenters. The van der Waals surface area contributed by atoms with Crippen LogP contribution in [0.2, 0.25) is 0 Å². The number of hydrogen-bond acceptors (Lipinski definition) is 4. The fourth-order valence-electron chi connectivity index (χ4n) is 5.42. The summed E-state index contributed by atoms with van der Waals surface area (Å²) in [5, 5.41) is 3.58. The van der Waals surface area contributed by atoms with Crippen LogP contribution < -0.4 is 4.90 Å². The zero-order valence-electron chi connectivity index (χ0n) is 20.1. The van der Waals surface area contributed by atoms with Gasteiger partial charge in [0.2, 0.25) is 0 Å². The Labute approximate surface area is 206 Å². The summed E-state index contributed by atoms with van der Waals surface area (Å²) in [7, 11) is -3.95. The van der Waals surface area contributed by atoms with E-state index in [-0.39, 0.29) is 17.2 Å². The van der Waals surface area contributed by atoms with E-state index in [1.807, 2.05) is 24.4 Å². The SMILES string of the molecule is CC1(C)c2c(ccc3ccccc23)N(CCCCS(=O)(=O)O)C1C=Cc1cnc2ccccc2c1. The Bertz CT molecular complexity index is 1530. The summed E-state index contributed by atoms with van der Waals surface area (Å²) >= 11 is 0. The molecule has 1 unspecified atom stereocenters. The molecule has 180 valence electrons. The molecule has 0 saturated carbocycles. The summed E-state index contributed by atoms with van der Waals surface area (Å²) in [5.41, 5.74) is 4.36. The van der Waals surface area contributed by atoms with Crippen molar-refractivity contribution in [3.8, 4) is 0 Å². The second-order valence-electron chi connectivity index (χ2n) is 9.85. The molecule has 0 aliphatic carbocycles. The molecule has 0 radical (unpaired) electrons. The lowest BCUT2D eigenvalue weighted by Crippen LogP contribution is -2.40. The van der Waals surface area contributed by atoms with Crippen LogP contribution in [0.4, 0.5) is 5.69 Å². The van der Waals surface area contributed by atoms with Crippen LogP contribution in [0.25, 0.3) is 27.8 Å². The van der Waals surface area contributed by atoms with E-state index in [4.69, 9.17) is 4.55 Å². The van der Waals surface area contributed by atoms with Crippen LogP contribution in [0, 0.1) is 0 Å². The molecule has 35 heavy (non-hydrogen) atoms. The number of fused-ring (bicyclic) bond motifs is 4. The Morgan fingerprint density at radius 2 is 1.74 bits per heavy atom. The molecule has 0 spiro atoms. The van der Waals surface area contributed by atoms with E-state index in [1.54, 1.807) is 0 Å². The third-order valence-corrected chi connectivity index (χ3v) is 7.87. The quantitative estimate of drug-likeness (QED) is 0.247. The van der Waals surface area contributed by atoms with Crippen molar-refractivity contribution in [3.63, 3.8) is 0 Å². The summed E-state index contributed by atoms with van der Waals surface area (Å²) in [4.78, 5) is 6.99. The van der Waals surface area contributed by atoms with Gasteiger partial charge in [0.1, 0.15) is 0 Å². The van der Waals surface area contributed by atoms with Gasteiger partial charge in [-0.1, -0.05) is 74.5 Å². The van der Waals surface area contributed by atoms with Gasteiger partial charge in [-0.15, -0.1) is 0 Å². The van der Waals surface area contributed by atoms with Gasteiger partial charge in [0.25, 0.3) is 10.1 Å². The fraction of sp³-hybridized carbons (Fsp3) is 0.276. The molecule has 5 nitrogen and oxygen atoms in total. The van der Waals surface area contributed by atoms with Gasteiger partial charge in [0, 0.05) is 29.2 Å². The summed E-state index contributed by atoms with van der Waals surface area (Å²) in [5.74, 6) is -0.210. The molecular weight excluding hydrogens is 456 g/mol. The number of pyridine rings is 1. The minimum Gasteiger partial charge on any atom is -0.364 e. The Morgan fingerprint density at radius 3 is 2.54 bits per heavy atom. The molecule has 0 fully saturated rings. The first-order valence-electron chi connectivity index (χ1n) is 12.0. The molecule has 6 heteroatoms. The van der Waals surface area contributed by atoms with E-state index in [1.165, 1.54) is 22.0 Å². The maximum absolute atomic E-state index is 11.2. The topological polar surface area (TPSA) is 70.5 Å². The average molecular weight is 487 g/mol. The molecule has 1 N–H and O–H groups in total. The maximum Gasteiger partial charge on any atom is 0.264 e. The van der Waals surface area contributed by atoms with Crippen LogP contribution in [0.5, 0.6) is 0 Å². The molecule has 3 aromatic carbocycles. The van der Waals surface area contributed by atoms with Gasteiger partial charge in [0.15, 0.2) is 0 Å². The highest BCUT2D eigenvalue weighted by atomic mass is 32.2. The van der Waals surface area contributed by atoms with Crippen molar-refractivity contribution in [3.05, 3.63) is 90.1 Å².